The van der Waals surface area contributed by atoms with Crippen molar-refractivity contribution in [3.05, 3.63) is 47.2 Å². The highest BCUT2D eigenvalue weighted by molar-refractivity contribution is 7.13. The Hall–Kier alpha value is -1.52. The van der Waals surface area contributed by atoms with Crippen LogP contribution in [0.1, 0.15) is 19.0 Å². The first-order valence-corrected chi connectivity index (χ1v) is 7.26. The Labute approximate surface area is 117 Å². The van der Waals surface area contributed by atoms with Crippen LogP contribution in [0.15, 0.2) is 35.7 Å². The molecule has 2 nitrogen and oxygen atoms in total. The molecule has 0 aliphatic rings. The standard InChI is InChI=1S/C15H17FN2S/c1-2-9-17-10-3-4-14-11-19-15(18-14)12-5-7-13(16)8-6-12/h3-8,11,17H,2,9-10H2,1H3. The van der Waals surface area contributed by atoms with Crippen LogP contribution in [0.2, 0.25) is 0 Å². The van der Waals surface area contributed by atoms with Crippen LogP contribution >= 0.6 is 11.3 Å². The monoisotopic (exact) mass is 276 g/mol. The molecule has 2 rings (SSSR count). The van der Waals surface area contributed by atoms with Gasteiger partial charge < -0.3 is 5.32 Å². The van der Waals surface area contributed by atoms with Gasteiger partial charge >= 0.3 is 0 Å². The molecule has 1 aromatic carbocycles. The van der Waals surface area contributed by atoms with Gasteiger partial charge in [0.1, 0.15) is 10.8 Å². The fourth-order valence-corrected chi connectivity index (χ4v) is 2.42. The van der Waals surface area contributed by atoms with Gasteiger partial charge in [-0.15, -0.1) is 11.3 Å². The molecular formula is C15H17FN2S. The Morgan fingerprint density at radius 1 is 1.32 bits per heavy atom. The third-order valence-corrected chi connectivity index (χ3v) is 3.50. The van der Waals surface area contributed by atoms with Crippen molar-refractivity contribution < 1.29 is 4.39 Å². The van der Waals surface area contributed by atoms with Crippen LogP contribution in [0.25, 0.3) is 16.6 Å². The van der Waals surface area contributed by atoms with Crippen molar-refractivity contribution in [2.45, 2.75) is 13.3 Å². The maximum atomic E-state index is 12.8. The Bertz CT molecular complexity index is 531. The minimum atomic E-state index is -0.220. The van der Waals surface area contributed by atoms with Crippen LogP contribution < -0.4 is 5.32 Å². The van der Waals surface area contributed by atoms with E-state index < -0.39 is 0 Å². The molecule has 100 valence electrons. The molecule has 0 saturated carbocycles. The zero-order chi connectivity index (χ0) is 13.5. The predicted octanol–water partition coefficient (Wildman–Crippen LogP) is 3.96. The van der Waals surface area contributed by atoms with E-state index in [0.29, 0.717) is 0 Å². The quantitative estimate of drug-likeness (QED) is 0.808. The molecule has 0 atom stereocenters. The fraction of sp³-hybridized carbons (Fsp3) is 0.267. The van der Waals surface area contributed by atoms with Crippen molar-refractivity contribution >= 4 is 17.4 Å². The molecule has 1 N–H and O–H groups in total. The second-order valence-corrected chi connectivity index (χ2v) is 5.05. The largest absolute Gasteiger partial charge is 0.313 e. The normalized spacial score (nSPS) is 11.3. The Balaban J connectivity index is 1.97. The summed E-state index contributed by atoms with van der Waals surface area (Å²) in [5.41, 5.74) is 1.90. The van der Waals surface area contributed by atoms with Gasteiger partial charge in [-0.05, 0) is 43.3 Å². The molecule has 1 heterocycles. The van der Waals surface area contributed by atoms with Gasteiger partial charge in [0.05, 0.1) is 5.69 Å². The Morgan fingerprint density at radius 2 is 2.11 bits per heavy atom. The lowest BCUT2D eigenvalue weighted by molar-refractivity contribution is 0.628. The number of nitrogens with one attached hydrogen (secondary N) is 1. The van der Waals surface area contributed by atoms with E-state index in [4.69, 9.17) is 0 Å². The van der Waals surface area contributed by atoms with Crippen LogP contribution in [0.5, 0.6) is 0 Å². The van der Waals surface area contributed by atoms with Crippen molar-refractivity contribution in [3.8, 4) is 10.6 Å². The fourth-order valence-electron chi connectivity index (χ4n) is 1.63. The molecule has 4 heteroatoms. The lowest BCUT2D eigenvalue weighted by Gasteiger charge is -1.95. The molecule has 0 fully saturated rings. The SMILES string of the molecule is CCCNCC=Cc1csc(-c2ccc(F)cc2)n1. The topological polar surface area (TPSA) is 24.9 Å². The highest BCUT2D eigenvalue weighted by Gasteiger charge is 2.02. The van der Waals surface area contributed by atoms with Crippen LogP contribution in [0.4, 0.5) is 4.39 Å². The number of thiazole rings is 1. The first-order valence-electron chi connectivity index (χ1n) is 6.38. The second kappa shape index (κ2) is 7.16. The average molecular weight is 276 g/mol. The first-order chi connectivity index (χ1) is 9.29. The summed E-state index contributed by atoms with van der Waals surface area (Å²) in [5, 5.41) is 6.22. The zero-order valence-electron chi connectivity index (χ0n) is 10.9. The number of hydrogen-bond donors (Lipinski definition) is 1. The number of halogens is 1. The van der Waals surface area contributed by atoms with Gasteiger partial charge in [-0.2, -0.15) is 0 Å². The zero-order valence-corrected chi connectivity index (χ0v) is 11.7. The Morgan fingerprint density at radius 3 is 2.84 bits per heavy atom. The number of rotatable bonds is 6. The lowest BCUT2D eigenvalue weighted by Crippen LogP contribution is -2.13. The third-order valence-electron chi connectivity index (χ3n) is 2.59. The van der Waals surface area contributed by atoms with Crippen molar-refractivity contribution in [1.29, 1.82) is 0 Å². The molecule has 0 amide bonds. The van der Waals surface area contributed by atoms with Gasteiger partial charge in [0, 0.05) is 17.5 Å². The van der Waals surface area contributed by atoms with Gasteiger partial charge in [0.2, 0.25) is 0 Å². The maximum absolute atomic E-state index is 12.8. The summed E-state index contributed by atoms with van der Waals surface area (Å²) in [6, 6.07) is 6.43. The summed E-state index contributed by atoms with van der Waals surface area (Å²) < 4.78 is 12.8. The molecule has 0 bridgehead atoms. The van der Waals surface area contributed by atoms with Gasteiger partial charge in [0.15, 0.2) is 0 Å². The van der Waals surface area contributed by atoms with E-state index in [1.54, 1.807) is 23.5 Å². The average Bonchev–Trinajstić information content (AvgIpc) is 2.88. The minimum absolute atomic E-state index is 0.220. The maximum Gasteiger partial charge on any atom is 0.124 e. The lowest BCUT2D eigenvalue weighted by atomic mass is 10.2. The third kappa shape index (κ3) is 4.26. The smallest absolute Gasteiger partial charge is 0.124 e. The van der Waals surface area contributed by atoms with Gasteiger partial charge in [-0.3, -0.25) is 0 Å². The molecule has 0 unspecified atom stereocenters. The van der Waals surface area contributed by atoms with E-state index in [-0.39, 0.29) is 5.82 Å². The van der Waals surface area contributed by atoms with E-state index in [2.05, 4.69) is 23.3 Å². The molecular weight excluding hydrogens is 259 g/mol. The molecule has 0 aliphatic carbocycles. The van der Waals surface area contributed by atoms with Crippen molar-refractivity contribution in [3.63, 3.8) is 0 Å². The summed E-state index contributed by atoms with van der Waals surface area (Å²) in [6.07, 6.45) is 5.21. The van der Waals surface area contributed by atoms with E-state index in [1.807, 2.05) is 11.5 Å². The summed E-state index contributed by atoms with van der Waals surface area (Å²) in [5.74, 6) is -0.220. The number of nitrogens with zero attached hydrogens (tertiary/aromatic N) is 1. The molecule has 0 radical (unpaired) electrons. The Kier molecular flexibility index (Phi) is 5.24. The minimum Gasteiger partial charge on any atom is -0.313 e. The van der Waals surface area contributed by atoms with Crippen molar-refractivity contribution in [2.75, 3.05) is 13.1 Å². The highest BCUT2D eigenvalue weighted by Crippen LogP contribution is 2.24. The summed E-state index contributed by atoms with van der Waals surface area (Å²) in [7, 11) is 0. The van der Waals surface area contributed by atoms with Gasteiger partial charge in [0.25, 0.3) is 0 Å². The van der Waals surface area contributed by atoms with Crippen LogP contribution in [-0.2, 0) is 0 Å². The summed E-state index contributed by atoms with van der Waals surface area (Å²) in [4.78, 5) is 4.51. The van der Waals surface area contributed by atoms with Crippen LogP contribution in [0.3, 0.4) is 0 Å². The van der Waals surface area contributed by atoms with Crippen LogP contribution in [0, 0.1) is 5.82 Å². The number of hydrogen-bond acceptors (Lipinski definition) is 3. The highest BCUT2D eigenvalue weighted by atomic mass is 32.1. The van der Waals surface area contributed by atoms with E-state index in [1.165, 1.54) is 12.1 Å². The van der Waals surface area contributed by atoms with E-state index >= 15 is 0 Å². The van der Waals surface area contributed by atoms with Crippen LogP contribution in [-0.4, -0.2) is 18.1 Å². The molecule has 2 aromatic rings. The second-order valence-electron chi connectivity index (χ2n) is 4.19. The van der Waals surface area contributed by atoms with Gasteiger partial charge in [-0.1, -0.05) is 13.0 Å². The molecule has 0 aliphatic heterocycles. The molecule has 1 aromatic heterocycles. The van der Waals surface area contributed by atoms with E-state index in [9.17, 15) is 4.39 Å². The molecule has 0 spiro atoms. The number of aromatic nitrogens is 1. The number of benzene rings is 1. The van der Waals surface area contributed by atoms with Crippen molar-refractivity contribution in [2.24, 2.45) is 0 Å². The summed E-state index contributed by atoms with van der Waals surface area (Å²) >= 11 is 1.57. The molecule has 0 saturated heterocycles. The summed E-state index contributed by atoms with van der Waals surface area (Å²) in [6.45, 7) is 4.03. The van der Waals surface area contributed by atoms with E-state index in [0.717, 1.165) is 35.8 Å². The van der Waals surface area contributed by atoms with Crippen molar-refractivity contribution in [1.82, 2.24) is 10.3 Å². The molecule has 19 heavy (non-hydrogen) atoms. The van der Waals surface area contributed by atoms with Gasteiger partial charge in [-0.25, -0.2) is 9.37 Å². The predicted molar refractivity (Wildman–Crippen MR) is 79.7 cm³/mol. The first kappa shape index (κ1) is 13.9.